The quantitative estimate of drug-likeness (QED) is 0.820. The van der Waals surface area contributed by atoms with Gasteiger partial charge in [0.1, 0.15) is 5.82 Å². The molecule has 1 aromatic heterocycles. The van der Waals surface area contributed by atoms with Gasteiger partial charge in [-0.25, -0.2) is 4.39 Å². The van der Waals surface area contributed by atoms with E-state index in [1.165, 1.54) is 12.1 Å². The zero-order valence-corrected chi connectivity index (χ0v) is 16.8. The highest BCUT2D eigenvalue weighted by Gasteiger charge is 2.36. The lowest BCUT2D eigenvalue weighted by Crippen LogP contribution is -2.46. The number of hydrogen-bond donors (Lipinski definition) is 1. The first-order valence-corrected chi connectivity index (χ1v) is 9.94. The van der Waals surface area contributed by atoms with Crippen LogP contribution in [0.4, 0.5) is 10.1 Å². The van der Waals surface area contributed by atoms with Crippen LogP contribution in [0.15, 0.2) is 24.4 Å². The summed E-state index contributed by atoms with van der Waals surface area (Å²) in [4.78, 5) is 28.7. The lowest BCUT2D eigenvalue weighted by atomic mass is 10.1. The normalized spacial score (nSPS) is 21.6. The molecule has 0 saturated carbocycles. The van der Waals surface area contributed by atoms with E-state index < -0.39 is 5.82 Å². The van der Waals surface area contributed by atoms with Gasteiger partial charge in [-0.05, 0) is 24.6 Å². The summed E-state index contributed by atoms with van der Waals surface area (Å²) >= 11 is 5.83. The largest absolute Gasteiger partial charge is 0.396 e. The van der Waals surface area contributed by atoms with Gasteiger partial charge in [0.25, 0.3) is 0 Å². The van der Waals surface area contributed by atoms with Crippen molar-refractivity contribution in [1.82, 2.24) is 14.7 Å². The van der Waals surface area contributed by atoms with E-state index in [-0.39, 0.29) is 41.8 Å². The van der Waals surface area contributed by atoms with Crippen LogP contribution in [0.1, 0.15) is 24.6 Å². The molecular formula is C20H22ClFN4O3. The van der Waals surface area contributed by atoms with Crippen molar-refractivity contribution in [2.24, 2.45) is 5.92 Å². The molecule has 3 heterocycles. The van der Waals surface area contributed by atoms with Gasteiger partial charge in [-0.15, -0.1) is 0 Å². The van der Waals surface area contributed by atoms with Crippen molar-refractivity contribution >= 4 is 29.1 Å². The number of halogens is 2. The monoisotopic (exact) mass is 420 g/mol. The molecule has 2 aliphatic rings. The summed E-state index contributed by atoms with van der Waals surface area (Å²) in [5.41, 5.74) is 2.15. The summed E-state index contributed by atoms with van der Waals surface area (Å²) in [6.07, 6.45) is 2.09. The molecule has 2 atom stereocenters. The van der Waals surface area contributed by atoms with Crippen molar-refractivity contribution in [3.8, 4) is 0 Å². The van der Waals surface area contributed by atoms with Crippen LogP contribution in [0.25, 0.3) is 0 Å². The smallest absolute Gasteiger partial charge is 0.227 e. The number of aliphatic hydroxyl groups excluding tert-OH is 1. The molecule has 1 N–H and O–H groups in total. The summed E-state index contributed by atoms with van der Waals surface area (Å²) in [5.74, 6) is -0.738. The Balaban J connectivity index is 1.54. The molecule has 1 saturated heterocycles. The molecule has 0 bridgehead atoms. The van der Waals surface area contributed by atoms with E-state index in [4.69, 9.17) is 11.6 Å². The van der Waals surface area contributed by atoms with Gasteiger partial charge in [0.15, 0.2) is 0 Å². The Kier molecular flexibility index (Phi) is 5.31. The van der Waals surface area contributed by atoms with Gasteiger partial charge in [-0.1, -0.05) is 17.7 Å². The number of hydrogen-bond acceptors (Lipinski definition) is 4. The number of rotatable bonds is 4. The standard InChI is InChI=1S/C20H22ClFN4O3/c1-12-8-26-18(17(7-23-26)25-9-14(11-27)6-20(25)29)10-24(12)19(28)5-13-2-3-16(22)15(21)4-13/h2-4,7,12,14,27H,5-6,8-11H2,1H3/t12-,14?/m0/s1. The highest BCUT2D eigenvalue weighted by molar-refractivity contribution is 6.30. The van der Waals surface area contributed by atoms with Crippen molar-refractivity contribution < 1.29 is 19.1 Å². The van der Waals surface area contributed by atoms with Crippen LogP contribution < -0.4 is 4.90 Å². The van der Waals surface area contributed by atoms with Crippen LogP contribution in [-0.4, -0.2) is 50.8 Å². The van der Waals surface area contributed by atoms with Gasteiger partial charge in [-0.3, -0.25) is 14.3 Å². The van der Waals surface area contributed by atoms with Crippen LogP contribution in [0.3, 0.4) is 0 Å². The second-order valence-electron chi connectivity index (χ2n) is 7.71. The number of fused-ring (bicyclic) bond motifs is 1. The van der Waals surface area contributed by atoms with Gasteiger partial charge < -0.3 is 14.9 Å². The number of aliphatic hydroxyl groups is 1. The number of aromatic nitrogens is 2. The van der Waals surface area contributed by atoms with Crippen molar-refractivity contribution in [2.45, 2.75) is 38.9 Å². The Morgan fingerprint density at radius 3 is 2.86 bits per heavy atom. The molecule has 0 aliphatic carbocycles. The molecule has 1 aromatic carbocycles. The third kappa shape index (κ3) is 3.74. The number of nitrogens with zero attached hydrogens (tertiary/aromatic N) is 4. The molecule has 2 amide bonds. The zero-order chi connectivity index (χ0) is 20.7. The molecule has 9 heteroatoms. The highest BCUT2D eigenvalue weighted by Crippen LogP contribution is 2.31. The minimum Gasteiger partial charge on any atom is -0.396 e. The molecule has 0 spiro atoms. The molecule has 1 fully saturated rings. The molecule has 2 aliphatic heterocycles. The van der Waals surface area contributed by atoms with Gasteiger partial charge in [-0.2, -0.15) is 5.10 Å². The summed E-state index contributed by atoms with van der Waals surface area (Å²) < 4.78 is 15.2. The summed E-state index contributed by atoms with van der Waals surface area (Å²) in [5, 5.41) is 13.8. The summed E-state index contributed by atoms with van der Waals surface area (Å²) in [7, 11) is 0. The maximum atomic E-state index is 13.4. The third-order valence-corrected chi connectivity index (χ3v) is 5.92. The Bertz CT molecular complexity index is 963. The fraction of sp³-hybridized carbons (Fsp3) is 0.450. The van der Waals surface area contributed by atoms with Crippen molar-refractivity contribution in [3.05, 3.63) is 46.5 Å². The summed E-state index contributed by atoms with van der Waals surface area (Å²) in [6.45, 7) is 3.22. The maximum Gasteiger partial charge on any atom is 0.227 e. The Labute approximate surface area is 172 Å². The number of carbonyl (C=O) groups is 2. The first kappa shape index (κ1) is 19.8. The highest BCUT2D eigenvalue weighted by atomic mass is 35.5. The molecule has 154 valence electrons. The van der Waals surface area contributed by atoms with E-state index >= 15 is 0 Å². The Morgan fingerprint density at radius 2 is 2.17 bits per heavy atom. The van der Waals surface area contributed by atoms with E-state index in [0.717, 1.165) is 5.69 Å². The van der Waals surface area contributed by atoms with Gasteiger partial charge >= 0.3 is 0 Å². The summed E-state index contributed by atoms with van der Waals surface area (Å²) in [6, 6.07) is 4.21. The van der Waals surface area contributed by atoms with Gasteiger partial charge in [0, 0.05) is 31.5 Å². The molecule has 29 heavy (non-hydrogen) atoms. The van der Waals surface area contributed by atoms with E-state index in [0.29, 0.717) is 37.3 Å². The molecule has 2 aromatic rings. The lowest BCUT2D eigenvalue weighted by molar-refractivity contribution is -0.134. The molecule has 4 rings (SSSR count). The average Bonchev–Trinajstić information content (AvgIpc) is 3.26. The number of anilines is 1. The van der Waals surface area contributed by atoms with Crippen LogP contribution >= 0.6 is 11.6 Å². The minimum absolute atomic E-state index is 0.00617. The van der Waals surface area contributed by atoms with Crippen LogP contribution in [0.5, 0.6) is 0 Å². The molecule has 0 radical (unpaired) electrons. The van der Waals surface area contributed by atoms with Crippen molar-refractivity contribution in [2.75, 3.05) is 18.1 Å². The van der Waals surface area contributed by atoms with Crippen LogP contribution in [0, 0.1) is 11.7 Å². The SMILES string of the molecule is C[C@H]1Cn2ncc(N3CC(CO)CC3=O)c2CN1C(=O)Cc1ccc(F)c(Cl)c1. The van der Waals surface area contributed by atoms with Crippen LogP contribution in [0.2, 0.25) is 5.02 Å². The minimum atomic E-state index is -0.515. The number of amides is 2. The number of carbonyl (C=O) groups excluding carboxylic acids is 2. The molecular weight excluding hydrogens is 399 g/mol. The Hall–Kier alpha value is -2.45. The maximum absolute atomic E-state index is 13.4. The topological polar surface area (TPSA) is 78.7 Å². The van der Waals surface area contributed by atoms with Crippen LogP contribution in [-0.2, 0) is 29.1 Å². The molecule has 1 unspecified atom stereocenters. The van der Waals surface area contributed by atoms with E-state index in [1.54, 1.807) is 22.1 Å². The molecule has 7 nitrogen and oxygen atoms in total. The van der Waals surface area contributed by atoms with E-state index in [2.05, 4.69) is 5.10 Å². The first-order valence-electron chi connectivity index (χ1n) is 9.56. The van der Waals surface area contributed by atoms with E-state index in [9.17, 15) is 19.1 Å². The lowest BCUT2D eigenvalue weighted by Gasteiger charge is -2.35. The van der Waals surface area contributed by atoms with E-state index in [1.807, 2.05) is 11.6 Å². The predicted octanol–water partition coefficient (Wildman–Crippen LogP) is 1.99. The van der Waals surface area contributed by atoms with Crippen molar-refractivity contribution in [3.63, 3.8) is 0 Å². The van der Waals surface area contributed by atoms with Gasteiger partial charge in [0.2, 0.25) is 11.8 Å². The van der Waals surface area contributed by atoms with Crippen molar-refractivity contribution in [1.29, 1.82) is 0 Å². The third-order valence-electron chi connectivity index (χ3n) is 5.63. The fourth-order valence-corrected chi connectivity index (χ4v) is 4.21. The van der Waals surface area contributed by atoms with Gasteiger partial charge in [0.05, 0.1) is 42.1 Å². The second-order valence-corrected chi connectivity index (χ2v) is 8.12. The zero-order valence-electron chi connectivity index (χ0n) is 16.0. The second kappa shape index (κ2) is 7.76. The first-order chi connectivity index (χ1) is 13.9. The fourth-order valence-electron chi connectivity index (χ4n) is 4.01. The average molecular weight is 421 g/mol. The Morgan fingerprint density at radius 1 is 1.38 bits per heavy atom. The predicted molar refractivity (Wildman–Crippen MR) is 105 cm³/mol. The number of benzene rings is 1.